The number of hydrogen-bond acceptors (Lipinski definition) is 6. The molecule has 0 saturated heterocycles. The number of anilines is 2. The molecule has 25 heavy (non-hydrogen) atoms. The number of hydrogen-bond donors (Lipinski definition) is 1. The number of aromatic nitrogens is 5. The van der Waals surface area contributed by atoms with E-state index in [2.05, 4.69) is 20.4 Å². The van der Waals surface area contributed by atoms with Crippen molar-refractivity contribution < 1.29 is 9.47 Å². The average molecular weight is 334 g/mol. The number of benzene rings is 1. The number of imidazole rings is 1. The van der Waals surface area contributed by atoms with E-state index in [9.17, 15) is 0 Å². The zero-order chi connectivity index (χ0) is 16.8. The lowest BCUT2D eigenvalue weighted by Gasteiger charge is -2.08. The Kier molecular flexibility index (Phi) is 2.90. The topological polar surface area (TPSA) is 78.5 Å². The van der Waals surface area contributed by atoms with E-state index < -0.39 is 0 Å². The molecule has 1 aliphatic heterocycles. The zero-order valence-corrected chi connectivity index (χ0v) is 13.4. The third-order valence-electron chi connectivity index (χ3n) is 4.06. The molecule has 0 spiro atoms. The highest BCUT2D eigenvalue weighted by Crippen LogP contribution is 2.35. The zero-order valence-electron chi connectivity index (χ0n) is 13.4. The van der Waals surface area contributed by atoms with E-state index in [0.717, 1.165) is 34.1 Å². The Morgan fingerprint density at radius 3 is 2.92 bits per heavy atom. The Balaban J connectivity index is 1.55. The van der Waals surface area contributed by atoms with E-state index in [1.807, 2.05) is 54.4 Å². The highest BCUT2D eigenvalue weighted by atomic mass is 16.7. The summed E-state index contributed by atoms with van der Waals surface area (Å²) in [5.74, 6) is 2.13. The molecule has 4 heterocycles. The van der Waals surface area contributed by atoms with Crippen LogP contribution in [0.3, 0.4) is 0 Å². The molecule has 0 atom stereocenters. The van der Waals surface area contributed by atoms with Crippen molar-refractivity contribution in [1.82, 2.24) is 24.1 Å². The van der Waals surface area contributed by atoms with Crippen LogP contribution in [0.15, 0.2) is 49.2 Å². The molecule has 8 heteroatoms. The first-order valence-electron chi connectivity index (χ1n) is 7.76. The number of aryl methyl sites for hydroxylation is 1. The Labute approximate surface area is 142 Å². The molecular weight excluding hydrogens is 320 g/mol. The predicted molar refractivity (Wildman–Crippen MR) is 91.0 cm³/mol. The molecule has 0 aliphatic carbocycles. The van der Waals surface area contributed by atoms with Gasteiger partial charge >= 0.3 is 0 Å². The Morgan fingerprint density at radius 1 is 1.12 bits per heavy atom. The monoisotopic (exact) mass is 334 g/mol. The lowest BCUT2D eigenvalue weighted by atomic mass is 10.2. The van der Waals surface area contributed by atoms with E-state index in [4.69, 9.17) is 9.47 Å². The van der Waals surface area contributed by atoms with Gasteiger partial charge in [0.1, 0.15) is 0 Å². The Bertz CT molecular complexity index is 1080. The molecule has 0 radical (unpaired) electrons. The van der Waals surface area contributed by atoms with E-state index in [1.54, 1.807) is 10.9 Å². The molecule has 1 N–H and O–H groups in total. The lowest BCUT2D eigenvalue weighted by Crippen LogP contribution is -1.98. The van der Waals surface area contributed by atoms with Crippen molar-refractivity contribution in [2.75, 3.05) is 12.1 Å². The predicted octanol–water partition coefficient (Wildman–Crippen LogP) is 2.60. The van der Waals surface area contributed by atoms with Gasteiger partial charge in [-0.05, 0) is 12.1 Å². The maximum absolute atomic E-state index is 5.42. The van der Waals surface area contributed by atoms with Crippen LogP contribution >= 0.6 is 0 Å². The van der Waals surface area contributed by atoms with Crippen LogP contribution in [0.25, 0.3) is 16.9 Å². The van der Waals surface area contributed by atoms with Gasteiger partial charge in [0.05, 0.1) is 18.1 Å². The van der Waals surface area contributed by atoms with Crippen LogP contribution in [-0.2, 0) is 7.05 Å². The van der Waals surface area contributed by atoms with Gasteiger partial charge in [0, 0.05) is 43.0 Å². The average Bonchev–Trinajstić information content (AvgIpc) is 3.33. The van der Waals surface area contributed by atoms with Crippen molar-refractivity contribution in [3.63, 3.8) is 0 Å². The lowest BCUT2D eigenvalue weighted by molar-refractivity contribution is 0.174. The molecule has 0 amide bonds. The van der Waals surface area contributed by atoms with Crippen molar-refractivity contribution in [2.24, 2.45) is 7.05 Å². The maximum Gasteiger partial charge on any atom is 0.231 e. The molecule has 0 bridgehead atoms. The van der Waals surface area contributed by atoms with Gasteiger partial charge in [0.25, 0.3) is 0 Å². The number of rotatable bonds is 3. The fourth-order valence-corrected chi connectivity index (χ4v) is 2.89. The molecule has 5 rings (SSSR count). The van der Waals surface area contributed by atoms with E-state index in [-0.39, 0.29) is 6.79 Å². The van der Waals surface area contributed by atoms with Crippen LogP contribution < -0.4 is 14.8 Å². The summed E-state index contributed by atoms with van der Waals surface area (Å²) in [6.07, 6.45) is 9.21. The summed E-state index contributed by atoms with van der Waals surface area (Å²) in [6, 6.07) is 5.68. The summed E-state index contributed by atoms with van der Waals surface area (Å²) in [6.45, 7) is 0.251. The van der Waals surface area contributed by atoms with Gasteiger partial charge in [-0.15, -0.1) is 0 Å². The second-order valence-corrected chi connectivity index (χ2v) is 5.71. The van der Waals surface area contributed by atoms with Gasteiger partial charge in [-0.25, -0.2) is 9.97 Å². The number of nitrogens with zero attached hydrogens (tertiary/aromatic N) is 5. The molecule has 124 valence electrons. The van der Waals surface area contributed by atoms with Gasteiger partial charge < -0.3 is 14.8 Å². The minimum atomic E-state index is 0.251. The smallest absolute Gasteiger partial charge is 0.231 e. The first kappa shape index (κ1) is 13.8. The maximum atomic E-state index is 5.42. The van der Waals surface area contributed by atoms with Crippen molar-refractivity contribution in [2.45, 2.75) is 0 Å². The first-order valence-corrected chi connectivity index (χ1v) is 7.76. The SMILES string of the molecule is Cn1cc(-c2cnc3c(Nc4ccc5c(c4)OCO5)nccn23)cn1. The molecule has 1 aromatic carbocycles. The third-order valence-corrected chi connectivity index (χ3v) is 4.06. The Hall–Kier alpha value is -3.55. The summed E-state index contributed by atoms with van der Waals surface area (Å²) in [5.41, 5.74) is 3.55. The molecule has 0 fully saturated rings. The fourth-order valence-electron chi connectivity index (χ4n) is 2.89. The van der Waals surface area contributed by atoms with Crippen molar-refractivity contribution in [3.05, 3.63) is 49.2 Å². The highest BCUT2D eigenvalue weighted by Gasteiger charge is 2.15. The molecule has 8 nitrogen and oxygen atoms in total. The first-order chi connectivity index (χ1) is 12.3. The third kappa shape index (κ3) is 2.26. The molecule has 3 aromatic heterocycles. The summed E-state index contributed by atoms with van der Waals surface area (Å²) >= 11 is 0. The van der Waals surface area contributed by atoms with Crippen molar-refractivity contribution in [1.29, 1.82) is 0 Å². The number of fused-ring (bicyclic) bond motifs is 2. The van der Waals surface area contributed by atoms with Crippen LogP contribution in [0.5, 0.6) is 11.5 Å². The van der Waals surface area contributed by atoms with Gasteiger partial charge in [-0.3, -0.25) is 9.08 Å². The Morgan fingerprint density at radius 2 is 2.04 bits per heavy atom. The highest BCUT2D eigenvalue weighted by molar-refractivity contribution is 5.74. The second kappa shape index (κ2) is 5.23. The largest absolute Gasteiger partial charge is 0.454 e. The van der Waals surface area contributed by atoms with Crippen LogP contribution in [-0.4, -0.2) is 30.9 Å². The van der Waals surface area contributed by atoms with Crippen molar-refractivity contribution >= 4 is 17.2 Å². The van der Waals surface area contributed by atoms with Gasteiger partial charge in [-0.2, -0.15) is 5.10 Å². The standard InChI is InChI=1S/C17H14N6O2/c1-22-9-11(7-20-22)13-8-19-17-16(18-4-5-23(13)17)21-12-2-3-14-15(6-12)25-10-24-14/h2-9H,10H2,1H3,(H,18,21). The molecule has 0 unspecified atom stereocenters. The number of ether oxygens (including phenoxy) is 2. The van der Waals surface area contributed by atoms with Crippen LogP contribution in [0.4, 0.5) is 11.5 Å². The number of nitrogens with one attached hydrogen (secondary N) is 1. The summed E-state index contributed by atoms with van der Waals surface area (Å²) in [5, 5.41) is 7.52. The van der Waals surface area contributed by atoms with Crippen molar-refractivity contribution in [3.8, 4) is 22.8 Å². The van der Waals surface area contributed by atoms with E-state index >= 15 is 0 Å². The normalized spacial score (nSPS) is 12.7. The van der Waals surface area contributed by atoms with Gasteiger partial charge in [0.15, 0.2) is 23.0 Å². The van der Waals surface area contributed by atoms with Gasteiger partial charge in [0.2, 0.25) is 6.79 Å². The molecule has 4 aromatic rings. The summed E-state index contributed by atoms with van der Waals surface area (Å²) in [4.78, 5) is 8.94. The fraction of sp³-hybridized carbons (Fsp3) is 0.118. The van der Waals surface area contributed by atoms with E-state index in [1.165, 1.54) is 0 Å². The van der Waals surface area contributed by atoms with Crippen LogP contribution in [0.2, 0.25) is 0 Å². The minimum absolute atomic E-state index is 0.251. The van der Waals surface area contributed by atoms with Crippen LogP contribution in [0, 0.1) is 0 Å². The summed E-state index contributed by atoms with van der Waals surface area (Å²) < 4.78 is 14.5. The quantitative estimate of drug-likeness (QED) is 0.620. The molecular formula is C17H14N6O2. The molecule has 1 aliphatic rings. The van der Waals surface area contributed by atoms with Gasteiger partial charge in [-0.1, -0.05) is 0 Å². The second-order valence-electron chi connectivity index (χ2n) is 5.71. The van der Waals surface area contributed by atoms with Crippen LogP contribution in [0.1, 0.15) is 0 Å². The summed E-state index contributed by atoms with van der Waals surface area (Å²) in [7, 11) is 1.89. The molecule has 0 saturated carbocycles. The minimum Gasteiger partial charge on any atom is -0.454 e. The van der Waals surface area contributed by atoms with E-state index in [0.29, 0.717) is 5.82 Å².